The fraction of sp³-hybridized carbons (Fsp3) is 0.286. The Labute approximate surface area is 117 Å². The van der Waals surface area contributed by atoms with Crippen LogP contribution in [0.2, 0.25) is 5.02 Å². The fourth-order valence-electron chi connectivity index (χ4n) is 1.58. The van der Waals surface area contributed by atoms with E-state index in [0.29, 0.717) is 23.2 Å². The molecule has 0 saturated carbocycles. The zero-order chi connectivity index (χ0) is 13.8. The molecule has 0 aliphatic rings. The number of ether oxygens (including phenoxy) is 1. The van der Waals surface area contributed by atoms with Gasteiger partial charge in [-0.3, -0.25) is 0 Å². The second-order valence-electron chi connectivity index (χ2n) is 4.63. The highest BCUT2D eigenvalue weighted by atomic mass is 35.5. The van der Waals surface area contributed by atoms with Gasteiger partial charge in [-0.15, -0.1) is 0 Å². The van der Waals surface area contributed by atoms with Crippen LogP contribution in [0.4, 0.5) is 0 Å². The summed E-state index contributed by atoms with van der Waals surface area (Å²) in [5, 5.41) is 4.70. The molecule has 100 valence electrons. The summed E-state index contributed by atoms with van der Waals surface area (Å²) in [5.74, 6) is 1.20. The molecule has 1 aromatic heterocycles. The minimum Gasteiger partial charge on any atom is -0.493 e. The van der Waals surface area contributed by atoms with Gasteiger partial charge in [-0.2, -0.15) is 5.10 Å². The predicted octanol–water partition coefficient (Wildman–Crippen LogP) is 3.49. The van der Waals surface area contributed by atoms with E-state index < -0.39 is 0 Å². The average molecular weight is 278 g/mol. The van der Waals surface area contributed by atoms with Crippen LogP contribution in [0.5, 0.6) is 5.75 Å². The molecule has 1 aromatic carbocycles. The van der Waals surface area contributed by atoms with Gasteiger partial charge in [0.1, 0.15) is 18.4 Å². The van der Waals surface area contributed by atoms with Crippen molar-refractivity contribution in [1.29, 1.82) is 0 Å². The monoisotopic (exact) mass is 277 g/mol. The molecule has 0 aliphatic carbocycles. The second-order valence-corrected chi connectivity index (χ2v) is 5.07. The molecule has 2 aromatic rings. The van der Waals surface area contributed by atoms with Gasteiger partial charge in [0.2, 0.25) is 0 Å². The number of halogens is 1. The Hall–Kier alpha value is -1.81. The number of rotatable bonds is 5. The van der Waals surface area contributed by atoms with Gasteiger partial charge in [0.25, 0.3) is 0 Å². The maximum Gasteiger partial charge on any atom is 0.138 e. The zero-order valence-electron chi connectivity index (χ0n) is 11.0. The molecule has 0 bridgehead atoms. The third-order valence-electron chi connectivity index (χ3n) is 2.52. The molecule has 0 N–H and O–H groups in total. The maximum atomic E-state index is 6.04. The van der Waals surface area contributed by atoms with Crippen molar-refractivity contribution >= 4 is 17.3 Å². The summed E-state index contributed by atoms with van der Waals surface area (Å²) >= 11 is 6.04. The van der Waals surface area contributed by atoms with Crippen LogP contribution in [0.3, 0.4) is 0 Å². The highest BCUT2D eigenvalue weighted by Crippen LogP contribution is 2.29. The Bertz CT molecular complexity index is 564. The Morgan fingerprint density at radius 1 is 1.47 bits per heavy atom. The highest BCUT2D eigenvalue weighted by Gasteiger charge is 2.11. The SMILES string of the molecule is C=C(c1cc(Cl)ccc1OCC(C)C)n1cncn1. The van der Waals surface area contributed by atoms with Crippen LogP contribution in [0.25, 0.3) is 5.70 Å². The van der Waals surface area contributed by atoms with Gasteiger partial charge in [-0.05, 0) is 24.1 Å². The van der Waals surface area contributed by atoms with Gasteiger partial charge in [0, 0.05) is 10.6 Å². The lowest BCUT2D eigenvalue weighted by molar-refractivity contribution is 0.270. The van der Waals surface area contributed by atoms with Crippen LogP contribution < -0.4 is 4.74 Å². The minimum atomic E-state index is 0.447. The van der Waals surface area contributed by atoms with Crippen molar-refractivity contribution in [2.75, 3.05) is 6.61 Å². The van der Waals surface area contributed by atoms with E-state index in [1.165, 1.54) is 6.33 Å². The van der Waals surface area contributed by atoms with Crippen LogP contribution in [0.1, 0.15) is 19.4 Å². The minimum absolute atomic E-state index is 0.447. The third kappa shape index (κ3) is 3.35. The molecule has 0 aliphatic heterocycles. The van der Waals surface area contributed by atoms with Gasteiger partial charge < -0.3 is 4.74 Å². The van der Waals surface area contributed by atoms with Crippen molar-refractivity contribution in [2.24, 2.45) is 5.92 Å². The number of hydrogen-bond acceptors (Lipinski definition) is 3. The van der Waals surface area contributed by atoms with Crippen LogP contribution in [-0.4, -0.2) is 21.4 Å². The molecule has 0 atom stereocenters. The van der Waals surface area contributed by atoms with Crippen molar-refractivity contribution < 1.29 is 4.74 Å². The summed E-state index contributed by atoms with van der Waals surface area (Å²) in [6.45, 7) is 8.85. The Morgan fingerprint density at radius 2 is 2.26 bits per heavy atom. The van der Waals surface area contributed by atoms with Crippen molar-refractivity contribution in [1.82, 2.24) is 14.8 Å². The molecule has 2 rings (SSSR count). The van der Waals surface area contributed by atoms with Gasteiger partial charge >= 0.3 is 0 Å². The Balaban J connectivity index is 2.32. The summed E-state index contributed by atoms with van der Waals surface area (Å²) in [6.07, 6.45) is 3.06. The van der Waals surface area contributed by atoms with E-state index in [9.17, 15) is 0 Å². The first-order chi connectivity index (χ1) is 9.08. The van der Waals surface area contributed by atoms with E-state index in [1.807, 2.05) is 12.1 Å². The smallest absolute Gasteiger partial charge is 0.138 e. The topological polar surface area (TPSA) is 39.9 Å². The third-order valence-corrected chi connectivity index (χ3v) is 2.76. The van der Waals surface area contributed by atoms with Crippen molar-refractivity contribution in [3.8, 4) is 5.75 Å². The summed E-state index contributed by atoms with van der Waals surface area (Å²) in [7, 11) is 0. The van der Waals surface area contributed by atoms with E-state index in [2.05, 4.69) is 30.5 Å². The molecule has 5 heteroatoms. The van der Waals surface area contributed by atoms with Gasteiger partial charge in [0.05, 0.1) is 12.3 Å². The largest absolute Gasteiger partial charge is 0.493 e. The number of benzene rings is 1. The summed E-state index contributed by atoms with van der Waals surface area (Å²) < 4.78 is 7.38. The first kappa shape index (κ1) is 13.6. The first-order valence-corrected chi connectivity index (χ1v) is 6.42. The number of hydrogen-bond donors (Lipinski definition) is 0. The molecule has 0 fully saturated rings. The lowest BCUT2D eigenvalue weighted by Gasteiger charge is -2.14. The maximum absolute atomic E-state index is 6.04. The van der Waals surface area contributed by atoms with Crippen LogP contribution in [0.15, 0.2) is 37.4 Å². The molecular weight excluding hydrogens is 262 g/mol. The fourth-order valence-corrected chi connectivity index (χ4v) is 1.75. The standard InChI is InChI=1S/C14H16ClN3O/c1-10(2)7-19-14-5-4-12(15)6-13(14)11(3)18-9-16-8-17-18/h4-6,8-10H,3,7H2,1-2H3. The Morgan fingerprint density at radius 3 is 2.89 bits per heavy atom. The summed E-state index contributed by atoms with van der Waals surface area (Å²) in [5.41, 5.74) is 1.50. The number of nitrogens with zero attached hydrogens (tertiary/aromatic N) is 3. The summed E-state index contributed by atoms with van der Waals surface area (Å²) in [6, 6.07) is 5.47. The molecule has 4 nitrogen and oxygen atoms in total. The molecule has 0 radical (unpaired) electrons. The van der Waals surface area contributed by atoms with Crippen LogP contribution >= 0.6 is 11.6 Å². The van der Waals surface area contributed by atoms with E-state index in [0.717, 1.165) is 11.3 Å². The molecule has 1 heterocycles. The molecule has 0 spiro atoms. The number of aromatic nitrogens is 3. The van der Waals surface area contributed by atoms with E-state index in [4.69, 9.17) is 16.3 Å². The molecule has 0 saturated heterocycles. The normalized spacial score (nSPS) is 10.7. The molecule has 0 amide bonds. The van der Waals surface area contributed by atoms with Crippen LogP contribution in [-0.2, 0) is 0 Å². The quantitative estimate of drug-likeness (QED) is 0.840. The van der Waals surface area contributed by atoms with E-state index >= 15 is 0 Å². The van der Waals surface area contributed by atoms with Crippen molar-refractivity contribution in [3.63, 3.8) is 0 Å². The first-order valence-electron chi connectivity index (χ1n) is 6.04. The Kier molecular flexibility index (Phi) is 4.22. The molecule has 0 unspecified atom stereocenters. The predicted molar refractivity (Wildman–Crippen MR) is 76.2 cm³/mol. The molecular formula is C14H16ClN3O. The van der Waals surface area contributed by atoms with Gasteiger partial charge in [-0.25, -0.2) is 9.67 Å². The van der Waals surface area contributed by atoms with Gasteiger partial charge in [-0.1, -0.05) is 32.0 Å². The van der Waals surface area contributed by atoms with E-state index in [-0.39, 0.29) is 0 Å². The zero-order valence-corrected chi connectivity index (χ0v) is 11.8. The average Bonchev–Trinajstić information content (AvgIpc) is 2.90. The van der Waals surface area contributed by atoms with Crippen molar-refractivity contribution in [2.45, 2.75) is 13.8 Å². The second kappa shape index (κ2) is 5.89. The molecule has 19 heavy (non-hydrogen) atoms. The lowest BCUT2D eigenvalue weighted by Crippen LogP contribution is -2.07. The highest BCUT2D eigenvalue weighted by molar-refractivity contribution is 6.30. The summed E-state index contributed by atoms with van der Waals surface area (Å²) in [4.78, 5) is 3.91. The lowest BCUT2D eigenvalue weighted by atomic mass is 10.1. The van der Waals surface area contributed by atoms with E-state index in [1.54, 1.807) is 17.1 Å². The van der Waals surface area contributed by atoms with Gasteiger partial charge in [0.15, 0.2) is 0 Å². The van der Waals surface area contributed by atoms with Crippen LogP contribution in [0, 0.1) is 5.92 Å². The van der Waals surface area contributed by atoms with Crippen molar-refractivity contribution in [3.05, 3.63) is 48.0 Å².